The van der Waals surface area contributed by atoms with E-state index in [4.69, 9.17) is 5.90 Å². The lowest BCUT2D eigenvalue weighted by atomic mass is 10.1. The van der Waals surface area contributed by atoms with Gasteiger partial charge in [0.15, 0.2) is 23.1 Å². The molecule has 4 nitrogen and oxygen atoms in total. The van der Waals surface area contributed by atoms with Gasteiger partial charge in [0.1, 0.15) is 6.61 Å². The minimum Gasteiger partial charge on any atom is -0.504 e. The molecule has 0 amide bonds. The number of benzene rings is 1. The Bertz CT molecular complexity index is 344. The maximum Gasteiger partial charge on any atom is 0.168 e. The molecule has 1 aromatic carbocycles. The molecule has 1 rings (SSSR count). The first-order valence-electron chi connectivity index (χ1n) is 3.67. The zero-order valence-corrected chi connectivity index (χ0v) is 7.38. The number of ether oxygens (including phenoxy) is 1. The normalized spacial score (nSPS) is 10.3. The van der Waals surface area contributed by atoms with Gasteiger partial charge in [-0.05, 0) is 0 Å². The molecule has 0 unspecified atom stereocenters. The average Bonchev–Trinajstić information content (AvgIpc) is 2.14. The number of rotatable bonds is 3. The van der Waals surface area contributed by atoms with Gasteiger partial charge in [-0.2, -0.15) is 0 Å². The largest absolute Gasteiger partial charge is 0.504 e. The molecular formula is C8H9F2NO3. The molecule has 0 saturated carbocycles. The SMILES string of the molecule is COc1c(F)cc(F)c(O)c1CON. The van der Waals surface area contributed by atoms with E-state index in [1.54, 1.807) is 0 Å². The highest BCUT2D eigenvalue weighted by atomic mass is 19.1. The Morgan fingerprint density at radius 1 is 1.43 bits per heavy atom. The Hall–Kier alpha value is -1.40. The summed E-state index contributed by atoms with van der Waals surface area (Å²) in [6.07, 6.45) is 0. The highest BCUT2D eigenvalue weighted by molar-refractivity contribution is 5.45. The van der Waals surface area contributed by atoms with Crippen LogP contribution in [0.3, 0.4) is 0 Å². The van der Waals surface area contributed by atoms with E-state index in [1.165, 1.54) is 7.11 Å². The minimum atomic E-state index is -1.09. The van der Waals surface area contributed by atoms with E-state index in [1.807, 2.05) is 0 Å². The van der Waals surface area contributed by atoms with Crippen molar-refractivity contribution < 1.29 is 23.5 Å². The monoisotopic (exact) mass is 205 g/mol. The molecule has 6 heteroatoms. The quantitative estimate of drug-likeness (QED) is 0.724. The number of hydrogen-bond donors (Lipinski definition) is 2. The van der Waals surface area contributed by atoms with E-state index in [9.17, 15) is 13.9 Å². The van der Waals surface area contributed by atoms with Gasteiger partial charge in [-0.25, -0.2) is 14.7 Å². The fourth-order valence-electron chi connectivity index (χ4n) is 1.08. The summed E-state index contributed by atoms with van der Waals surface area (Å²) in [5.41, 5.74) is -0.160. The van der Waals surface area contributed by atoms with Crippen LogP contribution in [0.25, 0.3) is 0 Å². The van der Waals surface area contributed by atoms with Gasteiger partial charge in [-0.15, -0.1) is 0 Å². The van der Waals surface area contributed by atoms with Crippen molar-refractivity contribution in [3.05, 3.63) is 23.3 Å². The molecule has 0 aliphatic heterocycles. The third kappa shape index (κ3) is 1.75. The van der Waals surface area contributed by atoms with Crippen molar-refractivity contribution in [1.82, 2.24) is 0 Å². The Kier molecular flexibility index (Phi) is 3.21. The number of phenolic OH excluding ortho intramolecular Hbond substituents is 1. The summed E-state index contributed by atoms with van der Waals surface area (Å²) in [7, 11) is 1.19. The fourth-order valence-corrected chi connectivity index (χ4v) is 1.08. The number of nitrogens with two attached hydrogens (primary N) is 1. The summed E-state index contributed by atoms with van der Waals surface area (Å²) in [5, 5.41) is 9.21. The van der Waals surface area contributed by atoms with Crippen LogP contribution in [0.5, 0.6) is 11.5 Å². The van der Waals surface area contributed by atoms with Gasteiger partial charge in [0.2, 0.25) is 0 Å². The van der Waals surface area contributed by atoms with Crippen LogP contribution in [-0.2, 0) is 11.4 Å². The summed E-state index contributed by atoms with van der Waals surface area (Å²) in [6.45, 7) is -0.344. The van der Waals surface area contributed by atoms with Gasteiger partial charge < -0.3 is 9.84 Å². The van der Waals surface area contributed by atoms with Crippen molar-refractivity contribution in [1.29, 1.82) is 0 Å². The third-order valence-electron chi connectivity index (χ3n) is 1.69. The lowest BCUT2D eigenvalue weighted by molar-refractivity contribution is 0.119. The summed E-state index contributed by atoms with van der Waals surface area (Å²) >= 11 is 0. The Balaban J connectivity index is 3.32. The van der Waals surface area contributed by atoms with Crippen LogP contribution in [0.15, 0.2) is 6.07 Å². The molecule has 0 spiro atoms. The highest BCUT2D eigenvalue weighted by Gasteiger charge is 2.18. The smallest absolute Gasteiger partial charge is 0.168 e. The first-order chi connectivity index (χ1) is 6.61. The second kappa shape index (κ2) is 4.21. The van der Waals surface area contributed by atoms with Crippen molar-refractivity contribution in [2.24, 2.45) is 5.90 Å². The molecule has 1 aromatic rings. The number of halogens is 2. The molecule has 14 heavy (non-hydrogen) atoms. The van der Waals surface area contributed by atoms with Crippen molar-refractivity contribution in [3.8, 4) is 11.5 Å². The number of hydrogen-bond acceptors (Lipinski definition) is 4. The molecule has 78 valence electrons. The van der Waals surface area contributed by atoms with Gasteiger partial charge in [-0.1, -0.05) is 0 Å². The van der Waals surface area contributed by atoms with E-state index < -0.39 is 17.4 Å². The molecular weight excluding hydrogens is 196 g/mol. The molecule has 0 atom stereocenters. The maximum atomic E-state index is 13.0. The summed E-state index contributed by atoms with van der Waals surface area (Å²) in [5.74, 6) is 1.72. The predicted molar refractivity (Wildman–Crippen MR) is 43.6 cm³/mol. The van der Waals surface area contributed by atoms with Gasteiger partial charge in [-0.3, -0.25) is 4.84 Å². The Morgan fingerprint density at radius 3 is 2.57 bits per heavy atom. The lowest BCUT2D eigenvalue weighted by Gasteiger charge is -2.10. The number of aromatic hydroxyl groups is 1. The van der Waals surface area contributed by atoms with Crippen LogP contribution in [0.1, 0.15) is 5.56 Å². The topological polar surface area (TPSA) is 64.7 Å². The van der Waals surface area contributed by atoms with Crippen molar-refractivity contribution in [2.45, 2.75) is 6.61 Å². The first-order valence-corrected chi connectivity index (χ1v) is 3.67. The Morgan fingerprint density at radius 2 is 2.07 bits per heavy atom. The molecule has 0 aliphatic rings. The van der Waals surface area contributed by atoms with Crippen molar-refractivity contribution in [3.63, 3.8) is 0 Å². The zero-order chi connectivity index (χ0) is 10.7. The van der Waals surface area contributed by atoms with Gasteiger partial charge in [0.05, 0.1) is 12.7 Å². The van der Waals surface area contributed by atoms with E-state index in [0.717, 1.165) is 0 Å². The molecule has 0 aromatic heterocycles. The highest BCUT2D eigenvalue weighted by Crippen LogP contribution is 2.33. The molecule has 3 N–H and O–H groups in total. The number of phenols is 1. The molecule has 0 radical (unpaired) electrons. The van der Waals surface area contributed by atoms with Gasteiger partial charge in [0.25, 0.3) is 0 Å². The van der Waals surface area contributed by atoms with Gasteiger partial charge >= 0.3 is 0 Å². The lowest BCUT2D eigenvalue weighted by Crippen LogP contribution is -2.04. The summed E-state index contributed by atoms with van der Waals surface area (Å²) < 4.78 is 30.5. The Labute approximate surface area is 78.8 Å². The van der Waals surface area contributed by atoms with Crippen LogP contribution in [0.4, 0.5) is 8.78 Å². The number of methoxy groups -OCH3 is 1. The molecule has 0 aliphatic carbocycles. The first kappa shape index (κ1) is 10.7. The summed E-state index contributed by atoms with van der Waals surface area (Å²) in [4.78, 5) is 4.19. The predicted octanol–water partition coefficient (Wildman–Crippen LogP) is 1.07. The minimum absolute atomic E-state index is 0.160. The van der Waals surface area contributed by atoms with Crippen LogP contribution in [0, 0.1) is 11.6 Å². The standard InChI is InChI=1S/C8H9F2NO3/c1-13-8-4(3-14-11)7(12)5(9)2-6(8)10/h2,12H,3,11H2,1H3. The molecule has 0 bridgehead atoms. The fraction of sp³-hybridized carbons (Fsp3) is 0.250. The van der Waals surface area contributed by atoms with Crippen molar-refractivity contribution >= 4 is 0 Å². The second-order valence-corrected chi connectivity index (χ2v) is 2.51. The molecule has 0 fully saturated rings. The average molecular weight is 205 g/mol. The van der Waals surface area contributed by atoms with Crippen molar-refractivity contribution in [2.75, 3.05) is 7.11 Å². The molecule has 0 heterocycles. The van der Waals surface area contributed by atoms with Crippen LogP contribution in [-0.4, -0.2) is 12.2 Å². The molecule has 0 saturated heterocycles. The van der Waals surface area contributed by atoms with Gasteiger partial charge in [0, 0.05) is 6.07 Å². The third-order valence-corrected chi connectivity index (χ3v) is 1.69. The van der Waals surface area contributed by atoms with E-state index in [0.29, 0.717) is 6.07 Å². The van der Waals surface area contributed by atoms with Crippen LogP contribution >= 0.6 is 0 Å². The maximum absolute atomic E-state index is 13.0. The van der Waals surface area contributed by atoms with Crippen LogP contribution < -0.4 is 10.6 Å². The van der Waals surface area contributed by atoms with E-state index in [-0.39, 0.29) is 17.9 Å². The zero-order valence-electron chi connectivity index (χ0n) is 7.38. The second-order valence-electron chi connectivity index (χ2n) is 2.51. The van der Waals surface area contributed by atoms with Crippen LogP contribution in [0.2, 0.25) is 0 Å². The van der Waals surface area contributed by atoms with E-state index in [2.05, 4.69) is 9.57 Å². The summed E-state index contributed by atoms with van der Waals surface area (Å²) in [6, 6.07) is 0.522. The van der Waals surface area contributed by atoms with E-state index >= 15 is 0 Å².